The molecule has 0 aromatic rings. The van der Waals surface area contributed by atoms with Crippen molar-refractivity contribution >= 4 is 11.8 Å². The molecule has 1 rings (SSSR count). The van der Waals surface area contributed by atoms with Crippen LogP contribution in [0.3, 0.4) is 0 Å². The molecule has 0 unspecified atom stereocenters. The average Bonchev–Trinajstić information content (AvgIpc) is 2.49. The predicted molar refractivity (Wildman–Crippen MR) is 95.4 cm³/mol. The van der Waals surface area contributed by atoms with Gasteiger partial charge in [-0.3, -0.25) is 0 Å². The maximum Gasteiger partial charge on any atom is -0.00260 e. The highest BCUT2D eigenvalue weighted by molar-refractivity contribution is 8.02. The zero-order chi connectivity index (χ0) is 14.3. The molecule has 0 N–H and O–H groups in total. The lowest BCUT2D eigenvalue weighted by Gasteiger charge is -2.07. The number of allylic oxidation sites excluding steroid dienone is 3. The quantitative estimate of drug-likeness (QED) is 0.269. The van der Waals surface area contributed by atoms with Gasteiger partial charge in [0, 0.05) is 0 Å². The Bertz CT molecular complexity index is 265. The third-order valence-corrected chi connectivity index (χ3v) is 5.07. The molecule has 1 heteroatoms. The maximum absolute atomic E-state index is 2.43. The summed E-state index contributed by atoms with van der Waals surface area (Å²) in [6, 6.07) is 0. The molecule has 0 bridgehead atoms. The van der Waals surface area contributed by atoms with Crippen molar-refractivity contribution in [3.63, 3.8) is 0 Å². The summed E-state index contributed by atoms with van der Waals surface area (Å²) in [6.45, 7) is 2.29. The summed E-state index contributed by atoms with van der Waals surface area (Å²) in [5, 5.41) is 2.43. The Morgan fingerprint density at radius 1 is 0.900 bits per heavy atom. The van der Waals surface area contributed by atoms with Crippen LogP contribution in [0.2, 0.25) is 0 Å². The molecule has 0 amide bonds. The fourth-order valence-electron chi connectivity index (χ4n) is 2.68. The molecule has 0 saturated heterocycles. The highest BCUT2D eigenvalue weighted by atomic mass is 32.2. The lowest BCUT2D eigenvalue weighted by molar-refractivity contribution is 0.563. The van der Waals surface area contributed by atoms with E-state index in [4.69, 9.17) is 0 Å². The van der Waals surface area contributed by atoms with Crippen LogP contribution in [-0.4, -0.2) is 5.75 Å². The highest BCUT2D eigenvalue weighted by Crippen LogP contribution is 2.21. The first-order chi connectivity index (χ1) is 9.93. The largest absolute Gasteiger partial charge is 0.134 e. The van der Waals surface area contributed by atoms with Gasteiger partial charge in [-0.25, -0.2) is 0 Å². The van der Waals surface area contributed by atoms with E-state index in [0.29, 0.717) is 0 Å². The standard InChI is InChI=1S/C19H34S/c1-2-3-4-5-6-7-8-9-10-14-17-20-18-19-15-12-11-13-16-19/h11-12,18H,2-10,13-17H2,1H3. The van der Waals surface area contributed by atoms with Gasteiger partial charge in [0.2, 0.25) is 0 Å². The van der Waals surface area contributed by atoms with Crippen LogP contribution in [0.5, 0.6) is 0 Å². The Morgan fingerprint density at radius 3 is 2.15 bits per heavy atom. The van der Waals surface area contributed by atoms with Crippen LogP contribution in [0.4, 0.5) is 0 Å². The third-order valence-electron chi connectivity index (χ3n) is 4.04. The Kier molecular flexibility index (Phi) is 12.3. The zero-order valence-electron chi connectivity index (χ0n) is 13.5. The minimum atomic E-state index is 1.20. The molecule has 0 aliphatic heterocycles. The minimum absolute atomic E-state index is 1.20. The molecule has 0 atom stereocenters. The van der Waals surface area contributed by atoms with E-state index in [0.717, 1.165) is 0 Å². The molecule has 0 spiro atoms. The number of unbranched alkanes of at least 4 members (excludes halogenated alkanes) is 9. The van der Waals surface area contributed by atoms with Crippen LogP contribution in [0.1, 0.15) is 90.4 Å². The lowest BCUT2D eigenvalue weighted by Crippen LogP contribution is -1.87. The van der Waals surface area contributed by atoms with Crippen LogP contribution in [0, 0.1) is 0 Å². The third kappa shape index (κ3) is 10.6. The number of thioether (sulfide) groups is 1. The zero-order valence-corrected chi connectivity index (χ0v) is 14.4. The van der Waals surface area contributed by atoms with E-state index in [2.05, 4.69) is 24.5 Å². The lowest BCUT2D eigenvalue weighted by atomic mass is 10.0. The van der Waals surface area contributed by atoms with Crippen molar-refractivity contribution in [2.24, 2.45) is 0 Å². The average molecular weight is 295 g/mol. The van der Waals surface area contributed by atoms with Gasteiger partial charge >= 0.3 is 0 Å². The van der Waals surface area contributed by atoms with Gasteiger partial charge in [-0.2, -0.15) is 0 Å². The van der Waals surface area contributed by atoms with Gasteiger partial charge < -0.3 is 0 Å². The van der Waals surface area contributed by atoms with E-state index in [-0.39, 0.29) is 0 Å². The van der Waals surface area contributed by atoms with Crippen molar-refractivity contribution in [1.82, 2.24) is 0 Å². The summed E-state index contributed by atoms with van der Waals surface area (Å²) in [4.78, 5) is 0. The van der Waals surface area contributed by atoms with Gasteiger partial charge in [-0.1, -0.05) is 82.4 Å². The molecule has 0 radical (unpaired) electrons. The molecule has 1 aliphatic carbocycles. The minimum Gasteiger partial charge on any atom is -0.134 e. The van der Waals surface area contributed by atoms with Crippen molar-refractivity contribution in [2.45, 2.75) is 90.4 Å². The van der Waals surface area contributed by atoms with Gasteiger partial charge in [0.15, 0.2) is 0 Å². The summed E-state index contributed by atoms with van der Waals surface area (Å²) in [5.74, 6) is 1.32. The van der Waals surface area contributed by atoms with E-state index in [9.17, 15) is 0 Å². The summed E-state index contributed by atoms with van der Waals surface area (Å²) in [7, 11) is 0. The topological polar surface area (TPSA) is 0 Å². The van der Waals surface area contributed by atoms with E-state index in [1.54, 1.807) is 5.57 Å². The van der Waals surface area contributed by atoms with Crippen molar-refractivity contribution in [2.75, 3.05) is 5.75 Å². The monoisotopic (exact) mass is 294 g/mol. The van der Waals surface area contributed by atoms with Crippen molar-refractivity contribution < 1.29 is 0 Å². The molecular formula is C19H34S. The first kappa shape index (κ1) is 17.9. The molecular weight excluding hydrogens is 260 g/mol. The number of hydrogen-bond donors (Lipinski definition) is 0. The maximum atomic E-state index is 2.43. The predicted octanol–water partition coefficient (Wildman–Crippen LogP) is 7.26. The SMILES string of the molecule is CCCCCCCCCCCCSC=C1CC=CCC1. The van der Waals surface area contributed by atoms with Crippen LogP contribution >= 0.6 is 11.8 Å². The Balaban J connectivity index is 1.77. The van der Waals surface area contributed by atoms with E-state index in [1.807, 2.05) is 11.8 Å². The second-order valence-electron chi connectivity index (χ2n) is 6.04. The van der Waals surface area contributed by atoms with Crippen molar-refractivity contribution in [3.05, 3.63) is 23.1 Å². The van der Waals surface area contributed by atoms with Crippen molar-refractivity contribution in [1.29, 1.82) is 0 Å². The van der Waals surface area contributed by atoms with Gasteiger partial charge in [0.25, 0.3) is 0 Å². The molecule has 0 fully saturated rings. The van der Waals surface area contributed by atoms with Crippen LogP contribution in [-0.2, 0) is 0 Å². The molecule has 0 heterocycles. The Hall–Kier alpha value is -0.170. The summed E-state index contributed by atoms with van der Waals surface area (Å²) >= 11 is 2.04. The second-order valence-corrected chi connectivity index (χ2v) is 7.02. The molecule has 1 aliphatic rings. The molecule has 20 heavy (non-hydrogen) atoms. The van der Waals surface area contributed by atoms with Crippen LogP contribution in [0.15, 0.2) is 23.1 Å². The fraction of sp³-hybridized carbons (Fsp3) is 0.789. The summed E-state index contributed by atoms with van der Waals surface area (Å²) in [6.07, 6.45) is 22.8. The highest BCUT2D eigenvalue weighted by Gasteiger charge is 1.99. The van der Waals surface area contributed by atoms with Crippen molar-refractivity contribution in [3.8, 4) is 0 Å². The van der Waals surface area contributed by atoms with E-state index in [1.165, 1.54) is 89.2 Å². The Labute approximate surface area is 131 Å². The first-order valence-corrected chi connectivity index (χ1v) is 9.93. The second kappa shape index (κ2) is 13.8. The number of hydrogen-bond acceptors (Lipinski definition) is 1. The van der Waals surface area contributed by atoms with Gasteiger partial charge in [0.05, 0.1) is 0 Å². The smallest absolute Gasteiger partial charge is 0.00260 e. The first-order valence-electron chi connectivity index (χ1n) is 8.88. The normalized spacial score (nSPS) is 16.9. The molecule has 0 aromatic carbocycles. The molecule has 0 aromatic heterocycles. The fourth-order valence-corrected chi connectivity index (χ4v) is 3.62. The molecule has 116 valence electrons. The van der Waals surface area contributed by atoms with Gasteiger partial charge in [-0.15, -0.1) is 11.8 Å². The summed E-state index contributed by atoms with van der Waals surface area (Å²) < 4.78 is 0. The van der Waals surface area contributed by atoms with Gasteiger partial charge in [-0.05, 0) is 36.8 Å². The molecule has 0 saturated carbocycles. The summed E-state index contributed by atoms with van der Waals surface area (Å²) in [5.41, 5.74) is 1.64. The molecule has 0 nitrogen and oxygen atoms in total. The van der Waals surface area contributed by atoms with E-state index >= 15 is 0 Å². The number of rotatable bonds is 12. The Morgan fingerprint density at radius 2 is 1.55 bits per heavy atom. The van der Waals surface area contributed by atoms with Gasteiger partial charge in [0.1, 0.15) is 0 Å². The van der Waals surface area contributed by atoms with Crippen LogP contribution < -0.4 is 0 Å². The van der Waals surface area contributed by atoms with E-state index < -0.39 is 0 Å². The van der Waals surface area contributed by atoms with Crippen LogP contribution in [0.25, 0.3) is 0 Å².